The summed E-state index contributed by atoms with van der Waals surface area (Å²) in [5.41, 5.74) is 5.78. The zero-order valence-corrected chi connectivity index (χ0v) is 13.5. The van der Waals surface area contributed by atoms with Gasteiger partial charge in [0, 0.05) is 29.0 Å². The molecule has 1 atom stereocenters. The van der Waals surface area contributed by atoms with Crippen LogP contribution in [-0.4, -0.2) is 38.6 Å². The minimum atomic E-state index is 0.243. The molecule has 92 valence electrons. The van der Waals surface area contributed by atoms with Crippen LogP contribution in [0.3, 0.4) is 0 Å². The Morgan fingerprint density at radius 2 is 2.19 bits per heavy atom. The monoisotopic (exact) mass is 369 g/mol. The summed E-state index contributed by atoms with van der Waals surface area (Å²) in [5, 5.41) is 3.46. The topological polar surface area (TPSA) is 41.3 Å². The highest BCUT2D eigenvalue weighted by Crippen LogP contribution is 2.35. The molecule has 0 bridgehead atoms. The number of rotatable bonds is 6. The third-order valence-corrected chi connectivity index (χ3v) is 5.56. The zero-order chi connectivity index (χ0) is 12.1. The Labute approximate surface area is 118 Å². The van der Waals surface area contributed by atoms with Crippen molar-refractivity contribution in [2.24, 2.45) is 5.73 Å². The number of hydrogen-bond donors (Lipinski definition) is 2. The molecule has 16 heavy (non-hydrogen) atoms. The second-order valence-electron chi connectivity index (χ2n) is 3.82. The van der Waals surface area contributed by atoms with E-state index < -0.39 is 0 Å². The number of nitrogens with two attached hydrogens (primary N) is 1. The van der Waals surface area contributed by atoms with E-state index in [1.54, 1.807) is 11.3 Å². The first kappa shape index (κ1) is 14.6. The van der Waals surface area contributed by atoms with Gasteiger partial charge in [-0.3, -0.25) is 0 Å². The highest BCUT2D eigenvalue weighted by molar-refractivity contribution is 9.13. The van der Waals surface area contributed by atoms with Crippen molar-refractivity contribution in [1.29, 1.82) is 0 Å². The van der Waals surface area contributed by atoms with E-state index in [-0.39, 0.29) is 6.04 Å². The molecule has 1 rings (SSSR count). The van der Waals surface area contributed by atoms with Crippen LogP contribution < -0.4 is 11.1 Å². The third kappa shape index (κ3) is 4.43. The molecule has 0 aliphatic heterocycles. The van der Waals surface area contributed by atoms with E-state index in [0.717, 1.165) is 21.3 Å². The molecule has 0 aliphatic rings. The van der Waals surface area contributed by atoms with E-state index in [9.17, 15) is 0 Å². The molecule has 0 amide bonds. The Kier molecular flexibility index (Phi) is 6.46. The molecule has 0 radical (unpaired) electrons. The van der Waals surface area contributed by atoms with Gasteiger partial charge in [-0.05, 0) is 52.0 Å². The minimum Gasteiger partial charge on any atom is -0.329 e. The molecule has 1 aromatic rings. The molecular weight excluding hydrogens is 354 g/mol. The second kappa shape index (κ2) is 7.08. The highest BCUT2D eigenvalue weighted by atomic mass is 79.9. The van der Waals surface area contributed by atoms with Crippen LogP contribution in [0.4, 0.5) is 0 Å². The first-order valence-electron chi connectivity index (χ1n) is 5.07. The molecule has 0 aliphatic carbocycles. The number of likely N-dealkylation sites (N-methyl/N-ethyl adjacent to an activating group) is 1. The molecule has 1 heterocycles. The molecule has 0 saturated heterocycles. The molecule has 0 fully saturated rings. The number of thiophene rings is 1. The quantitative estimate of drug-likeness (QED) is 0.807. The maximum Gasteiger partial charge on any atom is 0.0843 e. The summed E-state index contributed by atoms with van der Waals surface area (Å²) >= 11 is 8.71. The molecular formula is C10H17Br2N3S. The number of halogens is 2. The van der Waals surface area contributed by atoms with Crippen LogP contribution in [0.1, 0.15) is 10.9 Å². The molecule has 6 heteroatoms. The van der Waals surface area contributed by atoms with Crippen LogP contribution in [-0.2, 0) is 0 Å². The van der Waals surface area contributed by atoms with Crippen molar-refractivity contribution in [3.63, 3.8) is 0 Å². The molecule has 3 nitrogen and oxygen atoms in total. The average molecular weight is 371 g/mol. The van der Waals surface area contributed by atoms with Gasteiger partial charge in [-0.15, -0.1) is 11.3 Å². The van der Waals surface area contributed by atoms with E-state index in [2.05, 4.69) is 62.2 Å². The van der Waals surface area contributed by atoms with Crippen LogP contribution >= 0.6 is 43.2 Å². The van der Waals surface area contributed by atoms with Gasteiger partial charge < -0.3 is 16.0 Å². The maximum absolute atomic E-state index is 5.78. The van der Waals surface area contributed by atoms with E-state index in [1.807, 2.05) is 0 Å². The molecule has 1 unspecified atom stereocenters. The molecule has 1 aromatic heterocycles. The summed E-state index contributed by atoms with van der Waals surface area (Å²) in [6.07, 6.45) is 0. The maximum atomic E-state index is 5.78. The number of nitrogens with one attached hydrogen (secondary N) is 1. The van der Waals surface area contributed by atoms with Crippen LogP contribution in [0.5, 0.6) is 0 Å². The van der Waals surface area contributed by atoms with Gasteiger partial charge in [0.1, 0.15) is 0 Å². The van der Waals surface area contributed by atoms with E-state index in [1.165, 1.54) is 4.88 Å². The van der Waals surface area contributed by atoms with Crippen molar-refractivity contribution >= 4 is 43.2 Å². The Morgan fingerprint density at radius 1 is 1.50 bits per heavy atom. The highest BCUT2D eigenvalue weighted by Gasteiger charge is 2.13. The van der Waals surface area contributed by atoms with Crippen LogP contribution in [0.2, 0.25) is 0 Å². The van der Waals surface area contributed by atoms with Crippen molar-refractivity contribution in [3.8, 4) is 0 Å². The zero-order valence-electron chi connectivity index (χ0n) is 9.46. The lowest BCUT2D eigenvalue weighted by Gasteiger charge is -2.17. The Bertz CT molecular complexity index is 308. The fraction of sp³-hybridized carbons (Fsp3) is 0.600. The fourth-order valence-corrected chi connectivity index (χ4v) is 3.48. The molecule has 0 aromatic carbocycles. The largest absolute Gasteiger partial charge is 0.329 e. The minimum absolute atomic E-state index is 0.243. The molecule has 3 N–H and O–H groups in total. The molecule has 0 spiro atoms. The van der Waals surface area contributed by atoms with Gasteiger partial charge in [-0.1, -0.05) is 0 Å². The van der Waals surface area contributed by atoms with Crippen molar-refractivity contribution < 1.29 is 0 Å². The summed E-state index contributed by atoms with van der Waals surface area (Å²) in [6, 6.07) is 2.36. The van der Waals surface area contributed by atoms with E-state index in [4.69, 9.17) is 5.73 Å². The smallest absolute Gasteiger partial charge is 0.0843 e. The summed E-state index contributed by atoms with van der Waals surface area (Å²) in [4.78, 5) is 3.42. The van der Waals surface area contributed by atoms with Crippen molar-refractivity contribution in [2.75, 3.05) is 33.7 Å². The predicted octanol–water partition coefficient (Wildman–Crippen LogP) is 2.42. The third-order valence-electron chi connectivity index (χ3n) is 2.19. The average Bonchev–Trinajstić information content (AvgIpc) is 2.53. The Hall–Kier alpha value is 0.540. The van der Waals surface area contributed by atoms with Crippen LogP contribution in [0, 0.1) is 0 Å². The van der Waals surface area contributed by atoms with Crippen molar-refractivity contribution in [1.82, 2.24) is 10.2 Å². The van der Waals surface area contributed by atoms with Gasteiger partial charge in [-0.25, -0.2) is 0 Å². The lowest BCUT2D eigenvalue weighted by atomic mass is 10.2. The van der Waals surface area contributed by atoms with E-state index >= 15 is 0 Å². The van der Waals surface area contributed by atoms with Gasteiger partial charge >= 0.3 is 0 Å². The normalized spacial score (nSPS) is 13.4. The predicted molar refractivity (Wildman–Crippen MR) is 78.1 cm³/mol. The fourth-order valence-electron chi connectivity index (χ4n) is 1.30. The van der Waals surface area contributed by atoms with E-state index in [0.29, 0.717) is 6.54 Å². The van der Waals surface area contributed by atoms with Crippen molar-refractivity contribution in [3.05, 3.63) is 19.2 Å². The SMILES string of the molecule is CN(C)CCNC(CN)c1cc(Br)c(Br)s1. The Morgan fingerprint density at radius 3 is 2.62 bits per heavy atom. The van der Waals surface area contributed by atoms with Gasteiger partial charge in [0.25, 0.3) is 0 Å². The van der Waals surface area contributed by atoms with Gasteiger partial charge in [-0.2, -0.15) is 0 Å². The van der Waals surface area contributed by atoms with Crippen molar-refractivity contribution in [2.45, 2.75) is 6.04 Å². The summed E-state index contributed by atoms with van der Waals surface area (Å²) in [5.74, 6) is 0. The Balaban J connectivity index is 2.53. The lowest BCUT2D eigenvalue weighted by molar-refractivity contribution is 0.386. The summed E-state index contributed by atoms with van der Waals surface area (Å²) < 4.78 is 2.22. The summed E-state index contributed by atoms with van der Waals surface area (Å²) in [6.45, 7) is 2.58. The number of nitrogens with zero attached hydrogens (tertiary/aromatic N) is 1. The van der Waals surface area contributed by atoms with Crippen LogP contribution in [0.25, 0.3) is 0 Å². The number of hydrogen-bond acceptors (Lipinski definition) is 4. The standard InChI is InChI=1S/C10H17Br2N3S/c1-15(2)4-3-14-8(6-13)9-5-7(11)10(12)16-9/h5,8,14H,3-4,6,13H2,1-2H3. The van der Waals surface area contributed by atoms with Gasteiger partial charge in [0.05, 0.1) is 9.83 Å². The van der Waals surface area contributed by atoms with Gasteiger partial charge in [0.15, 0.2) is 0 Å². The van der Waals surface area contributed by atoms with Gasteiger partial charge in [0.2, 0.25) is 0 Å². The second-order valence-corrected chi connectivity index (χ2v) is 7.07. The lowest BCUT2D eigenvalue weighted by Crippen LogP contribution is -2.33. The van der Waals surface area contributed by atoms with Crippen LogP contribution in [0.15, 0.2) is 14.3 Å². The summed E-state index contributed by atoms with van der Waals surface area (Å²) in [7, 11) is 4.13. The first-order chi connectivity index (χ1) is 7.54. The first-order valence-corrected chi connectivity index (χ1v) is 7.47. The molecule has 0 saturated carbocycles.